The Bertz CT molecular complexity index is 707. The molecule has 1 aromatic heterocycles. The lowest BCUT2D eigenvalue weighted by Gasteiger charge is -2.09. The third-order valence-corrected chi connectivity index (χ3v) is 4.05. The number of rotatable bonds is 6. The average Bonchev–Trinajstić information content (AvgIpc) is 2.47. The van der Waals surface area contributed by atoms with Gasteiger partial charge in [-0.2, -0.15) is 5.10 Å². The molecule has 2 rings (SSSR count). The number of benzene rings is 1. The predicted octanol–water partition coefficient (Wildman–Crippen LogP) is 1.53. The highest BCUT2D eigenvalue weighted by atomic mass is 32.2. The standard InChI is InChI=1S/C13H15FN4O2S/c1-2-15-9-10-5-6-11(14)12(8-10)21(19,20)18-13-4-3-7-16-17-13/h3-8,15H,2,9H2,1H3,(H,17,18). The Balaban J connectivity index is 2.30. The molecule has 0 unspecified atom stereocenters. The molecule has 6 nitrogen and oxygen atoms in total. The van der Waals surface area contributed by atoms with E-state index >= 15 is 0 Å². The summed E-state index contributed by atoms with van der Waals surface area (Å²) in [6, 6.07) is 6.95. The van der Waals surface area contributed by atoms with Crippen molar-refractivity contribution in [2.75, 3.05) is 11.3 Å². The number of sulfonamides is 1. The van der Waals surface area contributed by atoms with Gasteiger partial charge in [0.15, 0.2) is 5.82 Å². The first-order chi connectivity index (χ1) is 10.0. The van der Waals surface area contributed by atoms with Gasteiger partial charge in [0.2, 0.25) is 0 Å². The second-order valence-corrected chi connectivity index (χ2v) is 5.91. The molecule has 0 radical (unpaired) electrons. The molecular formula is C13H15FN4O2S. The molecule has 0 saturated carbocycles. The number of anilines is 1. The molecule has 0 saturated heterocycles. The monoisotopic (exact) mass is 310 g/mol. The van der Waals surface area contributed by atoms with Crippen LogP contribution in [0.5, 0.6) is 0 Å². The summed E-state index contributed by atoms with van der Waals surface area (Å²) in [6.07, 6.45) is 1.41. The van der Waals surface area contributed by atoms with E-state index in [1.807, 2.05) is 6.92 Å². The Labute approximate surface area is 122 Å². The maximum atomic E-state index is 13.8. The van der Waals surface area contributed by atoms with E-state index in [1.165, 1.54) is 24.4 Å². The quantitative estimate of drug-likeness (QED) is 0.845. The maximum Gasteiger partial charge on any atom is 0.266 e. The largest absolute Gasteiger partial charge is 0.313 e. The predicted molar refractivity (Wildman–Crippen MR) is 76.6 cm³/mol. The highest BCUT2D eigenvalue weighted by Crippen LogP contribution is 2.19. The van der Waals surface area contributed by atoms with Crippen molar-refractivity contribution in [3.63, 3.8) is 0 Å². The summed E-state index contributed by atoms with van der Waals surface area (Å²) in [4.78, 5) is -0.413. The van der Waals surface area contributed by atoms with Crippen LogP contribution in [0, 0.1) is 5.82 Å². The van der Waals surface area contributed by atoms with Gasteiger partial charge in [-0.3, -0.25) is 4.72 Å². The lowest BCUT2D eigenvalue weighted by Crippen LogP contribution is -2.17. The Morgan fingerprint density at radius 1 is 1.29 bits per heavy atom. The molecule has 21 heavy (non-hydrogen) atoms. The van der Waals surface area contributed by atoms with E-state index in [9.17, 15) is 12.8 Å². The fourth-order valence-electron chi connectivity index (χ4n) is 1.68. The molecule has 8 heteroatoms. The lowest BCUT2D eigenvalue weighted by atomic mass is 10.2. The molecule has 0 aliphatic heterocycles. The Morgan fingerprint density at radius 3 is 2.76 bits per heavy atom. The van der Waals surface area contributed by atoms with Gasteiger partial charge in [-0.15, -0.1) is 5.10 Å². The molecule has 1 aromatic carbocycles. The molecule has 0 aliphatic rings. The van der Waals surface area contributed by atoms with Crippen molar-refractivity contribution in [3.05, 3.63) is 47.9 Å². The van der Waals surface area contributed by atoms with Crippen molar-refractivity contribution >= 4 is 15.8 Å². The molecule has 112 valence electrons. The van der Waals surface area contributed by atoms with Crippen LogP contribution in [0.1, 0.15) is 12.5 Å². The molecule has 0 aliphatic carbocycles. The van der Waals surface area contributed by atoms with Crippen LogP contribution in [0.15, 0.2) is 41.4 Å². The summed E-state index contributed by atoms with van der Waals surface area (Å²) in [5.41, 5.74) is 0.678. The number of hydrogen-bond donors (Lipinski definition) is 2. The van der Waals surface area contributed by atoms with Gasteiger partial charge < -0.3 is 5.32 Å². The first-order valence-corrected chi connectivity index (χ1v) is 7.81. The van der Waals surface area contributed by atoms with Crippen LogP contribution >= 0.6 is 0 Å². The summed E-state index contributed by atoms with van der Waals surface area (Å²) in [6.45, 7) is 3.12. The zero-order chi connectivity index (χ0) is 15.3. The zero-order valence-corrected chi connectivity index (χ0v) is 12.2. The third-order valence-electron chi connectivity index (χ3n) is 2.68. The molecule has 2 aromatic rings. The first kappa shape index (κ1) is 15.3. The van der Waals surface area contributed by atoms with Crippen molar-refractivity contribution in [1.82, 2.24) is 15.5 Å². The molecule has 0 atom stereocenters. The Kier molecular flexibility index (Phi) is 4.81. The number of hydrogen-bond acceptors (Lipinski definition) is 5. The van der Waals surface area contributed by atoms with E-state index in [1.54, 1.807) is 6.07 Å². The highest BCUT2D eigenvalue weighted by Gasteiger charge is 2.20. The van der Waals surface area contributed by atoms with Crippen LogP contribution in [0.2, 0.25) is 0 Å². The van der Waals surface area contributed by atoms with Crippen LogP contribution in [-0.4, -0.2) is 25.2 Å². The number of aromatic nitrogens is 2. The van der Waals surface area contributed by atoms with Crippen molar-refractivity contribution in [1.29, 1.82) is 0 Å². The van der Waals surface area contributed by atoms with Crippen molar-refractivity contribution in [3.8, 4) is 0 Å². The van der Waals surface area contributed by atoms with Gasteiger partial charge >= 0.3 is 0 Å². The smallest absolute Gasteiger partial charge is 0.266 e. The van der Waals surface area contributed by atoms with E-state index in [0.29, 0.717) is 12.1 Å². The van der Waals surface area contributed by atoms with Crippen LogP contribution < -0.4 is 10.0 Å². The van der Waals surface area contributed by atoms with Gasteiger partial charge in [0.05, 0.1) is 0 Å². The third kappa shape index (κ3) is 3.96. The zero-order valence-electron chi connectivity index (χ0n) is 11.4. The van der Waals surface area contributed by atoms with E-state index in [4.69, 9.17) is 0 Å². The summed E-state index contributed by atoms with van der Waals surface area (Å²) in [5.74, 6) is -0.777. The van der Waals surface area contributed by atoms with E-state index in [-0.39, 0.29) is 5.82 Å². The minimum atomic E-state index is -4.05. The van der Waals surface area contributed by atoms with Gasteiger partial charge in [-0.05, 0) is 36.4 Å². The second kappa shape index (κ2) is 6.59. The lowest BCUT2D eigenvalue weighted by molar-refractivity contribution is 0.568. The van der Waals surface area contributed by atoms with E-state index in [0.717, 1.165) is 12.6 Å². The van der Waals surface area contributed by atoms with Crippen LogP contribution in [0.4, 0.5) is 10.2 Å². The van der Waals surface area contributed by atoms with Crippen molar-refractivity contribution in [2.45, 2.75) is 18.4 Å². The number of nitrogens with one attached hydrogen (secondary N) is 2. The van der Waals surface area contributed by atoms with Crippen molar-refractivity contribution in [2.24, 2.45) is 0 Å². The Hall–Kier alpha value is -2.06. The summed E-state index contributed by atoms with van der Waals surface area (Å²) in [7, 11) is -4.05. The molecule has 1 heterocycles. The molecule has 0 fully saturated rings. The first-order valence-electron chi connectivity index (χ1n) is 6.32. The summed E-state index contributed by atoms with van der Waals surface area (Å²) < 4.78 is 40.4. The minimum Gasteiger partial charge on any atom is -0.313 e. The van der Waals surface area contributed by atoms with Gasteiger partial charge in [-0.25, -0.2) is 12.8 Å². The normalized spacial score (nSPS) is 11.3. The van der Waals surface area contributed by atoms with Gasteiger partial charge in [0.25, 0.3) is 10.0 Å². The highest BCUT2D eigenvalue weighted by molar-refractivity contribution is 7.92. The Morgan fingerprint density at radius 2 is 2.10 bits per heavy atom. The fraction of sp³-hybridized carbons (Fsp3) is 0.231. The second-order valence-electron chi connectivity index (χ2n) is 4.26. The van der Waals surface area contributed by atoms with E-state index in [2.05, 4.69) is 20.2 Å². The van der Waals surface area contributed by atoms with Crippen molar-refractivity contribution < 1.29 is 12.8 Å². The number of nitrogens with zero attached hydrogens (tertiary/aromatic N) is 2. The molecule has 2 N–H and O–H groups in total. The minimum absolute atomic E-state index is 0.0361. The van der Waals surface area contributed by atoms with Gasteiger partial charge in [0.1, 0.15) is 10.7 Å². The molecule has 0 amide bonds. The summed E-state index contributed by atoms with van der Waals surface area (Å²) >= 11 is 0. The topological polar surface area (TPSA) is 84.0 Å². The molecular weight excluding hydrogens is 295 g/mol. The fourth-order valence-corrected chi connectivity index (χ4v) is 2.81. The van der Waals surface area contributed by atoms with Gasteiger partial charge in [0, 0.05) is 12.7 Å². The van der Waals surface area contributed by atoms with Crippen LogP contribution in [0.3, 0.4) is 0 Å². The van der Waals surface area contributed by atoms with E-state index < -0.39 is 20.7 Å². The molecule has 0 spiro atoms. The number of halogens is 1. The van der Waals surface area contributed by atoms with Crippen LogP contribution in [-0.2, 0) is 16.6 Å². The maximum absolute atomic E-state index is 13.8. The SMILES string of the molecule is CCNCc1ccc(F)c(S(=O)(=O)Nc2cccnn2)c1. The van der Waals surface area contributed by atoms with Gasteiger partial charge in [-0.1, -0.05) is 13.0 Å². The summed E-state index contributed by atoms with van der Waals surface area (Å²) in [5, 5.41) is 10.2. The average molecular weight is 310 g/mol. The molecule has 0 bridgehead atoms. The van der Waals surface area contributed by atoms with Crippen LogP contribution in [0.25, 0.3) is 0 Å².